The van der Waals surface area contributed by atoms with Crippen LogP contribution in [-0.4, -0.2) is 32.7 Å². The van der Waals surface area contributed by atoms with Gasteiger partial charge in [-0.05, 0) is 37.8 Å². The summed E-state index contributed by atoms with van der Waals surface area (Å²) in [6.45, 7) is 2.46. The van der Waals surface area contributed by atoms with Gasteiger partial charge >= 0.3 is 0 Å². The fourth-order valence-corrected chi connectivity index (χ4v) is 2.16. The summed E-state index contributed by atoms with van der Waals surface area (Å²) in [6, 6.07) is 5.24. The Labute approximate surface area is 113 Å². The van der Waals surface area contributed by atoms with Gasteiger partial charge in [-0.1, -0.05) is 0 Å². The standard InChI is InChI=1S/C15H20O4/c1-4-19-15(10-5-6-10)14(16)12-8-7-11(17-2)9-13(12)18-3/h7-10,15H,4-6H2,1-3H3. The molecule has 4 heteroatoms. The molecule has 0 heterocycles. The van der Waals surface area contributed by atoms with E-state index in [4.69, 9.17) is 14.2 Å². The van der Waals surface area contributed by atoms with E-state index >= 15 is 0 Å². The lowest BCUT2D eigenvalue weighted by Gasteiger charge is -2.17. The summed E-state index contributed by atoms with van der Waals surface area (Å²) in [4.78, 5) is 12.5. The van der Waals surface area contributed by atoms with E-state index in [2.05, 4.69) is 0 Å². The zero-order valence-corrected chi connectivity index (χ0v) is 11.6. The van der Waals surface area contributed by atoms with Gasteiger partial charge in [0.25, 0.3) is 0 Å². The fraction of sp³-hybridized carbons (Fsp3) is 0.533. The Kier molecular flexibility index (Phi) is 4.43. The molecule has 104 valence electrons. The SMILES string of the molecule is CCOC(C(=O)c1ccc(OC)cc1OC)C1CC1. The maximum atomic E-state index is 12.5. The van der Waals surface area contributed by atoms with E-state index < -0.39 is 0 Å². The minimum atomic E-state index is -0.340. The second-order valence-electron chi connectivity index (χ2n) is 4.64. The fourth-order valence-electron chi connectivity index (χ4n) is 2.16. The van der Waals surface area contributed by atoms with Crippen LogP contribution in [0.1, 0.15) is 30.1 Å². The molecular formula is C15H20O4. The molecule has 0 bridgehead atoms. The summed E-state index contributed by atoms with van der Waals surface area (Å²) in [6.07, 6.45) is 1.79. The van der Waals surface area contributed by atoms with E-state index in [9.17, 15) is 4.79 Å². The Morgan fingerprint density at radius 2 is 2.05 bits per heavy atom. The number of Topliss-reactive ketones (excluding diaryl/α,β-unsaturated/α-hetero) is 1. The molecule has 1 aromatic rings. The summed E-state index contributed by atoms with van der Waals surface area (Å²) >= 11 is 0. The summed E-state index contributed by atoms with van der Waals surface area (Å²) in [5.41, 5.74) is 0.564. The molecule has 1 aliphatic rings. The molecule has 0 radical (unpaired) electrons. The molecule has 0 spiro atoms. The van der Waals surface area contributed by atoms with E-state index in [-0.39, 0.29) is 11.9 Å². The Hall–Kier alpha value is -1.55. The first-order valence-electron chi connectivity index (χ1n) is 6.59. The Morgan fingerprint density at radius 1 is 1.32 bits per heavy atom. The van der Waals surface area contributed by atoms with Crippen molar-refractivity contribution in [2.45, 2.75) is 25.9 Å². The lowest BCUT2D eigenvalue weighted by Crippen LogP contribution is -2.27. The maximum absolute atomic E-state index is 12.5. The minimum Gasteiger partial charge on any atom is -0.497 e. The van der Waals surface area contributed by atoms with Gasteiger partial charge in [0, 0.05) is 12.7 Å². The molecule has 1 unspecified atom stereocenters. The first-order chi connectivity index (χ1) is 9.21. The van der Waals surface area contributed by atoms with Crippen molar-refractivity contribution in [1.29, 1.82) is 0 Å². The third-order valence-corrected chi connectivity index (χ3v) is 3.33. The number of methoxy groups -OCH3 is 2. The average molecular weight is 264 g/mol. The lowest BCUT2D eigenvalue weighted by atomic mass is 10.0. The summed E-state index contributed by atoms with van der Waals surface area (Å²) < 4.78 is 16.0. The van der Waals surface area contributed by atoms with Gasteiger partial charge in [0.05, 0.1) is 19.8 Å². The highest BCUT2D eigenvalue weighted by molar-refractivity contribution is 6.02. The topological polar surface area (TPSA) is 44.8 Å². The quantitative estimate of drug-likeness (QED) is 0.710. The first-order valence-corrected chi connectivity index (χ1v) is 6.59. The Balaban J connectivity index is 2.26. The van der Waals surface area contributed by atoms with Crippen LogP contribution in [0.2, 0.25) is 0 Å². The maximum Gasteiger partial charge on any atom is 0.195 e. The molecule has 0 N–H and O–H groups in total. The van der Waals surface area contributed by atoms with Crippen molar-refractivity contribution in [1.82, 2.24) is 0 Å². The van der Waals surface area contributed by atoms with Crippen LogP contribution in [0, 0.1) is 5.92 Å². The number of ketones is 1. The Morgan fingerprint density at radius 3 is 2.58 bits per heavy atom. The van der Waals surface area contributed by atoms with Gasteiger partial charge < -0.3 is 14.2 Å². The third-order valence-electron chi connectivity index (χ3n) is 3.33. The van der Waals surface area contributed by atoms with Gasteiger partial charge in [-0.2, -0.15) is 0 Å². The van der Waals surface area contributed by atoms with Crippen LogP contribution in [0.25, 0.3) is 0 Å². The molecule has 19 heavy (non-hydrogen) atoms. The number of hydrogen-bond acceptors (Lipinski definition) is 4. The van der Waals surface area contributed by atoms with E-state index in [0.717, 1.165) is 12.8 Å². The monoisotopic (exact) mass is 264 g/mol. The molecule has 0 saturated heterocycles. The first kappa shape index (κ1) is 13.9. The second-order valence-corrected chi connectivity index (χ2v) is 4.64. The van der Waals surface area contributed by atoms with Gasteiger partial charge in [0.1, 0.15) is 17.6 Å². The van der Waals surface area contributed by atoms with Crippen molar-refractivity contribution in [2.24, 2.45) is 5.92 Å². The van der Waals surface area contributed by atoms with Crippen molar-refractivity contribution >= 4 is 5.78 Å². The normalized spacial score (nSPS) is 15.9. The number of rotatable bonds is 7. The summed E-state index contributed by atoms with van der Waals surface area (Å²) in [7, 11) is 3.14. The van der Waals surface area contributed by atoms with Gasteiger partial charge in [-0.3, -0.25) is 4.79 Å². The molecular weight excluding hydrogens is 244 g/mol. The average Bonchev–Trinajstić information content (AvgIpc) is 3.27. The molecule has 1 fully saturated rings. The highest BCUT2D eigenvalue weighted by atomic mass is 16.5. The lowest BCUT2D eigenvalue weighted by molar-refractivity contribution is 0.0372. The van der Waals surface area contributed by atoms with Crippen LogP contribution < -0.4 is 9.47 Å². The van der Waals surface area contributed by atoms with Crippen molar-refractivity contribution in [3.05, 3.63) is 23.8 Å². The third kappa shape index (κ3) is 3.07. The van der Waals surface area contributed by atoms with E-state index in [1.165, 1.54) is 0 Å². The predicted octanol–water partition coefficient (Wildman–Crippen LogP) is 2.70. The number of ether oxygens (including phenoxy) is 3. The molecule has 1 aromatic carbocycles. The van der Waals surface area contributed by atoms with E-state index in [1.54, 1.807) is 32.4 Å². The van der Waals surface area contributed by atoms with Gasteiger partial charge in [-0.15, -0.1) is 0 Å². The van der Waals surface area contributed by atoms with Crippen molar-refractivity contribution in [2.75, 3.05) is 20.8 Å². The number of hydrogen-bond donors (Lipinski definition) is 0. The number of carbonyl (C=O) groups is 1. The predicted molar refractivity (Wildman–Crippen MR) is 72.0 cm³/mol. The van der Waals surface area contributed by atoms with Crippen LogP contribution in [0.4, 0.5) is 0 Å². The number of carbonyl (C=O) groups excluding carboxylic acids is 1. The molecule has 1 saturated carbocycles. The molecule has 2 rings (SSSR count). The highest BCUT2D eigenvalue weighted by Gasteiger charge is 2.38. The molecule has 0 aromatic heterocycles. The van der Waals surface area contributed by atoms with Crippen LogP contribution in [0.5, 0.6) is 11.5 Å². The number of benzene rings is 1. The highest BCUT2D eigenvalue weighted by Crippen LogP contribution is 2.37. The Bertz CT molecular complexity index is 451. The molecule has 1 aliphatic carbocycles. The molecule has 0 amide bonds. The van der Waals surface area contributed by atoms with Crippen LogP contribution in [0.3, 0.4) is 0 Å². The van der Waals surface area contributed by atoms with Crippen molar-refractivity contribution in [3.8, 4) is 11.5 Å². The zero-order chi connectivity index (χ0) is 13.8. The second kappa shape index (κ2) is 6.06. The molecule has 1 atom stereocenters. The van der Waals surface area contributed by atoms with Crippen molar-refractivity contribution in [3.63, 3.8) is 0 Å². The largest absolute Gasteiger partial charge is 0.497 e. The van der Waals surface area contributed by atoms with Crippen LogP contribution in [-0.2, 0) is 4.74 Å². The summed E-state index contributed by atoms with van der Waals surface area (Å²) in [5.74, 6) is 1.57. The molecule has 4 nitrogen and oxygen atoms in total. The van der Waals surface area contributed by atoms with Crippen molar-refractivity contribution < 1.29 is 19.0 Å². The zero-order valence-electron chi connectivity index (χ0n) is 11.6. The summed E-state index contributed by atoms with van der Waals surface area (Å²) in [5, 5.41) is 0. The smallest absolute Gasteiger partial charge is 0.195 e. The molecule has 0 aliphatic heterocycles. The van der Waals surface area contributed by atoms with Gasteiger partial charge in [0.15, 0.2) is 5.78 Å². The van der Waals surface area contributed by atoms with Crippen LogP contribution >= 0.6 is 0 Å². The van der Waals surface area contributed by atoms with Crippen LogP contribution in [0.15, 0.2) is 18.2 Å². The van der Waals surface area contributed by atoms with Gasteiger partial charge in [-0.25, -0.2) is 0 Å². The van der Waals surface area contributed by atoms with E-state index in [0.29, 0.717) is 29.6 Å². The van der Waals surface area contributed by atoms with E-state index in [1.807, 2.05) is 6.92 Å². The minimum absolute atomic E-state index is 0.00357. The van der Waals surface area contributed by atoms with Gasteiger partial charge in [0.2, 0.25) is 0 Å².